The lowest BCUT2D eigenvalue weighted by Gasteiger charge is -2.27. The minimum absolute atomic E-state index is 0.394. The van der Waals surface area contributed by atoms with Gasteiger partial charge in [-0.1, -0.05) is 28.1 Å². The Morgan fingerprint density at radius 3 is 2.47 bits per heavy atom. The minimum Gasteiger partial charge on any atom is -0.387 e. The fourth-order valence-corrected chi connectivity index (χ4v) is 2.43. The molecule has 0 radical (unpaired) electrons. The highest BCUT2D eigenvalue weighted by Gasteiger charge is 2.31. The number of likely N-dealkylation sites (N-methyl/N-ethyl adjacent to an activating group) is 1. The molecule has 1 aliphatic rings. The van der Waals surface area contributed by atoms with E-state index in [0.29, 0.717) is 12.6 Å². The van der Waals surface area contributed by atoms with E-state index in [9.17, 15) is 5.11 Å². The van der Waals surface area contributed by atoms with Crippen LogP contribution < -0.4 is 0 Å². The van der Waals surface area contributed by atoms with E-state index < -0.39 is 6.10 Å². The SMILES string of the molecule is CC(C1CC1)N(C)CC(O)c1ccc(Br)cc1. The molecule has 2 nitrogen and oxygen atoms in total. The Labute approximate surface area is 112 Å². The molecule has 17 heavy (non-hydrogen) atoms. The van der Waals surface area contributed by atoms with Gasteiger partial charge in [0.1, 0.15) is 0 Å². The van der Waals surface area contributed by atoms with Gasteiger partial charge in [-0.25, -0.2) is 0 Å². The predicted octanol–water partition coefficient (Wildman–Crippen LogP) is 3.21. The molecule has 1 saturated carbocycles. The fraction of sp³-hybridized carbons (Fsp3) is 0.571. The summed E-state index contributed by atoms with van der Waals surface area (Å²) in [5, 5.41) is 10.2. The zero-order chi connectivity index (χ0) is 12.4. The first-order chi connectivity index (χ1) is 8.08. The van der Waals surface area contributed by atoms with Crippen molar-refractivity contribution in [2.75, 3.05) is 13.6 Å². The molecule has 2 rings (SSSR count). The molecule has 0 aliphatic heterocycles. The second-order valence-electron chi connectivity index (χ2n) is 5.08. The van der Waals surface area contributed by atoms with Gasteiger partial charge in [0.25, 0.3) is 0 Å². The van der Waals surface area contributed by atoms with Crippen LogP contribution in [-0.4, -0.2) is 29.6 Å². The van der Waals surface area contributed by atoms with E-state index in [4.69, 9.17) is 0 Å². The van der Waals surface area contributed by atoms with Gasteiger partial charge in [0, 0.05) is 17.1 Å². The molecule has 2 atom stereocenters. The van der Waals surface area contributed by atoms with Crippen LogP contribution >= 0.6 is 15.9 Å². The van der Waals surface area contributed by atoms with Crippen molar-refractivity contribution in [3.8, 4) is 0 Å². The summed E-state index contributed by atoms with van der Waals surface area (Å²) in [7, 11) is 2.10. The van der Waals surface area contributed by atoms with Crippen molar-refractivity contribution in [1.82, 2.24) is 4.90 Å². The van der Waals surface area contributed by atoms with E-state index in [2.05, 4.69) is 34.8 Å². The quantitative estimate of drug-likeness (QED) is 0.902. The Bertz CT molecular complexity index is 361. The van der Waals surface area contributed by atoms with E-state index in [1.54, 1.807) is 0 Å². The molecular weight excluding hydrogens is 278 g/mol. The van der Waals surface area contributed by atoms with Crippen LogP contribution in [0.3, 0.4) is 0 Å². The molecule has 0 bridgehead atoms. The highest BCUT2D eigenvalue weighted by molar-refractivity contribution is 9.10. The Morgan fingerprint density at radius 2 is 1.94 bits per heavy atom. The summed E-state index contributed by atoms with van der Waals surface area (Å²) in [5.41, 5.74) is 0.989. The Hall–Kier alpha value is -0.380. The van der Waals surface area contributed by atoms with Crippen LogP contribution in [0, 0.1) is 5.92 Å². The fourth-order valence-electron chi connectivity index (χ4n) is 2.17. The molecule has 0 spiro atoms. The zero-order valence-corrected chi connectivity index (χ0v) is 12.0. The largest absolute Gasteiger partial charge is 0.387 e. The Balaban J connectivity index is 1.91. The third kappa shape index (κ3) is 3.54. The lowest BCUT2D eigenvalue weighted by atomic mass is 10.1. The van der Waals surface area contributed by atoms with Gasteiger partial charge < -0.3 is 10.0 Å². The molecule has 1 fully saturated rings. The van der Waals surface area contributed by atoms with Crippen molar-refractivity contribution in [3.05, 3.63) is 34.3 Å². The molecule has 1 aromatic carbocycles. The first-order valence-electron chi connectivity index (χ1n) is 6.21. The van der Waals surface area contributed by atoms with Crippen LogP contribution in [0.1, 0.15) is 31.4 Å². The number of hydrogen-bond donors (Lipinski definition) is 1. The van der Waals surface area contributed by atoms with Crippen molar-refractivity contribution in [1.29, 1.82) is 0 Å². The molecule has 94 valence electrons. The van der Waals surface area contributed by atoms with E-state index in [-0.39, 0.29) is 0 Å². The highest BCUT2D eigenvalue weighted by Crippen LogP contribution is 2.35. The number of nitrogens with zero attached hydrogens (tertiary/aromatic N) is 1. The number of benzene rings is 1. The molecule has 3 heteroatoms. The van der Waals surface area contributed by atoms with Gasteiger partial charge in [-0.3, -0.25) is 0 Å². The summed E-state index contributed by atoms with van der Waals surface area (Å²) in [6, 6.07) is 8.49. The van der Waals surface area contributed by atoms with Crippen LogP contribution in [0.4, 0.5) is 0 Å². The summed E-state index contributed by atoms with van der Waals surface area (Å²) in [4.78, 5) is 2.27. The lowest BCUT2D eigenvalue weighted by Crippen LogP contribution is -2.34. The lowest BCUT2D eigenvalue weighted by molar-refractivity contribution is 0.103. The maximum Gasteiger partial charge on any atom is 0.0916 e. The van der Waals surface area contributed by atoms with Gasteiger partial charge in [-0.15, -0.1) is 0 Å². The van der Waals surface area contributed by atoms with Crippen molar-refractivity contribution < 1.29 is 5.11 Å². The van der Waals surface area contributed by atoms with Gasteiger partial charge in [-0.05, 0) is 50.4 Å². The monoisotopic (exact) mass is 297 g/mol. The topological polar surface area (TPSA) is 23.5 Å². The normalized spacial score (nSPS) is 19.4. The first kappa shape index (κ1) is 13.1. The van der Waals surface area contributed by atoms with E-state index in [1.165, 1.54) is 12.8 Å². The second kappa shape index (κ2) is 5.51. The van der Waals surface area contributed by atoms with Gasteiger partial charge in [0.05, 0.1) is 6.10 Å². The van der Waals surface area contributed by atoms with Gasteiger partial charge in [0.2, 0.25) is 0 Å². The van der Waals surface area contributed by atoms with E-state index in [1.807, 2.05) is 24.3 Å². The van der Waals surface area contributed by atoms with Gasteiger partial charge in [-0.2, -0.15) is 0 Å². The number of aliphatic hydroxyl groups is 1. The Morgan fingerprint density at radius 1 is 1.35 bits per heavy atom. The first-order valence-corrected chi connectivity index (χ1v) is 7.01. The van der Waals surface area contributed by atoms with Crippen molar-refractivity contribution in [2.45, 2.75) is 31.9 Å². The standard InChI is InChI=1S/C14H20BrNO/c1-10(11-3-4-11)16(2)9-14(17)12-5-7-13(15)8-6-12/h5-8,10-11,14,17H,3-4,9H2,1-2H3. The van der Waals surface area contributed by atoms with E-state index in [0.717, 1.165) is 16.0 Å². The van der Waals surface area contributed by atoms with Crippen molar-refractivity contribution in [3.63, 3.8) is 0 Å². The number of aliphatic hydroxyl groups excluding tert-OH is 1. The average molecular weight is 298 g/mol. The maximum absolute atomic E-state index is 10.2. The molecular formula is C14H20BrNO. The average Bonchev–Trinajstić information content (AvgIpc) is 3.12. The number of halogens is 1. The van der Waals surface area contributed by atoms with Crippen molar-refractivity contribution >= 4 is 15.9 Å². The van der Waals surface area contributed by atoms with Crippen LogP contribution in [0.15, 0.2) is 28.7 Å². The second-order valence-corrected chi connectivity index (χ2v) is 6.00. The van der Waals surface area contributed by atoms with Crippen LogP contribution in [0.5, 0.6) is 0 Å². The smallest absolute Gasteiger partial charge is 0.0916 e. The predicted molar refractivity (Wildman–Crippen MR) is 73.9 cm³/mol. The molecule has 1 aromatic rings. The summed E-state index contributed by atoms with van der Waals surface area (Å²) < 4.78 is 1.05. The minimum atomic E-state index is -0.394. The van der Waals surface area contributed by atoms with Gasteiger partial charge in [0.15, 0.2) is 0 Å². The number of rotatable bonds is 5. The van der Waals surface area contributed by atoms with Crippen LogP contribution in [0.25, 0.3) is 0 Å². The van der Waals surface area contributed by atoms with Crippen LogP contribution in [-0.2, 0) is 0 Å². The Kier molecular flexibility index (Phi) is 4.23. The zero-order valence-electron chi connectivity index (χ0n) is 10.4. The molecule has 0 aromatic heterocycles. The third-order valence-corrected chi connectivity index (χ3v) is 4.24. The van der Waals surface area contributed by atoms with Crippen LogP contribution in [0.2, 0.25) is 0 Å². The van der Waals surface area contributed by atoms with Crippen molar-refractivity contribution in [2.24, 2.45) is 5.92 Å². The molecule has 0 saturated heterocycles. The highest BCUT2D eigenvalue weighted by atomic mass is 79.9. The molecule has 0 amide bonds. The molecule has 1 N–H and O–H groups in total. The van der Waals surface area contributed by atoms with E-state index >= 15 is 0 Å². The molecule has 1 aliphatic carbocycles. The number of hydrogen-bond acceptors (Lipinski definition) is 2. The third-order valence-electron chi connectivity index (χ3n) is 3.72. The summed E-state index contributed by atoms with van der Waals surface area (Å²) in [5.74, 6) is 0.845. The molecule has 2 unspecified atom stereocenters. The summed E-state index contributed by atoms with van der Waals surface area (Å²) >= 11 is 3.40. The van der Waals surface area contributed by atoms with Gasteiger partial charge >= 0.3 is 0 Å². The maximum atomic E-state index is 10.2. The molecule has 0 heterocycles. The summed E-state index contributed by atoms with van der Waals surface area (Å²) in [6.07, 6.45) is 2.30. The summed E-state index contributed by atoms with van der Waals surface area (Å²) in [6.45, 7) is 2.96.